The van der Waals surface area contributed by atoms with E-state index in [1.165, 1.54) is 11.8 Å². The summed E-state index contributed by atoms with van der Waals surface area (Å²) in [6, 6.07) is 7.78. The molecule has 0 spiro atoms. The zero-order valence-corrected chi connectivity index (χ0v) is 16.5. The third kappa shape index (κ3) is 9.13. The SMILES string of the molecule is CN=C(NCCc1ccc(Cl)cc1)NCC(C)(C)CCS(C)(=O)=O. The molecule has 136 valence electrons. The van der Waals surface area contributed by atoms with Crippen LogP contribution in [0.3, 0.4) is 0 Å². The topological polar surface area (TPSA) is 70.6 Å². The van der Waals surface area contributed by atoms with Crippen LogP contribution in [-0.2, 0) is 16.3 Å². The predicted octanol–water partition coefficient (Wildman–Crippen LogP) is 2.51. The van der Waals surface area contributed by atoms with Gasteiger partial charge in [-0.15, -0.1) is 0 Å². The van der Waals surface area contributed by atoms with Gasteiger partial charge in [-0.1, -0.05) is 37.6 Å². The number of nitrogens with one attached hydrogen (secondary N) is 2. The third-order valence-corrected chi connectivity index (χ3v) is 4.92. The number of hydrogen-bond acceptors (Lipinski definition) is 3. The highest BCUT2D eigenvalue weighted by atomic mass is 35.5. The van der Waals surface area contributed by atoms with Crippen molar-refractivity contribution in [1.29, 1.82) is 0 Å². The minimum absolute atomic E-state index is 0.128. The molecule has 2 N–H and O–H groups in total. The van der Waals surface area contributed by atoms with Gasteiger partial charge in [-0.25, -0.2) is 8.42 Å². The van der Waals surface area contributed by atoms with Gasteiger partial charge in [0.2, 0.25) is 0 Å². The van der Waals surface area contributed by atoms with Gasteiger partial charge in [0.15, 0.2) is 5.96 Å². The van der Waals surface area contributed by atoms with E-state index in [9.17, 15) is 8.42 Å². The summed E-state index contributed by atoms with van der Waals surface area (Å²) in [7, 11) is -1.21. The first-order chi connectivity index (χ1) is 11.1. The van der Waals surface area contributed by atoms with Gasteiger partial charge in [-0.3, -0.25) is 4.99 Å². The molecule has 0 aliphatic heterocycles. The fourth-order valence-corrected chi connectivity index (χ4v) is 3.12. The van der Waals surface area contributed by atoms with E-state index >= 15 is 0 Å². The van der Waals surface area contributed by atoms with E-state index in [1.54, 1.807) is 7.05 Å². The highest BCUT2D eigenvalue weighted by molar-refractivity contribution is 7.90. The number of aliphatic imine (C=N–C) groups is 1. The number of hydrogen-bond donors (Lipinski definition) is 2. The van der Waals surface area contributed by atoms with E-state index < -0.39 is 9.84 Å². The molecule has 0 bridgehead atoms. The molecule has 1 aromatic rings. The normalized spacial score (nSPS) is 13.0. The van der Waals surface area contributed by atoms with Crippen molar-refractivity contribution in [2.75, 3.05) is 32.1 Å². The number of rotatable bonds is 8. The molecule has 24 heavy (non-hydrogen) atoms. The van der Waals surface area contributed by atoms with Crippen LogP contribution >= 0.6 is 11.6 Å². The molecule has 7 heteroatoms. The summed E-state index contributed by atoms with van der Waals surface area (Å²) in [5.41, 5.74) is 1.08. The van der Waals surface area contributed by atoms with Crippen LogP contribution in [-0.4, -0.2) is 46.5 Å². The summed E-state index contributed by atoms with van der Waals surface area (Å²) >= 11 is 5.87. The molecule has 0 saturated carbocycles. The zero-order valence-electron chi connectivity index (χ0n) is 14.9. The summed E-state index contributed by atoms with van der Waals surface area (Å²) in [4.78, 5) is 4.20. The summed E-state index contributed by atoms with van der Waals surface area (Å²) in [6.45, 7) is 5.51. The maximum Gasteiger partial charge on any atom is 0.191 e. The highest BCUT2D eigenvalue weighted by Crippen LogP contribution is 2.19. The Morgan fingerprint density at radius 3 is 2.38 bits per heavy atom. The standard InChI is InChI=1S/C17H28ClN3O2S/c1-17(2,10-12-24(4,22)23)13-21-16(19-3)20-11-9-14-5-7-15(18)8-6-14/h5-8H,9-13H2,1-4H3,(H2,19,20,21). The van der Waals surface area contributed by atoms with Crippen LogP contribution in [0, 0.1) is 5.41 Å². The van der Waals surface area contributed by atoms with Gasteiger partial charge in [-0.2, -0.15) is 0 Å². The first kappa shape index (κ1) is 20.8. The quantitative estimate of drug-likeness (QED) is 0.542. The van der Waals surface area contributed by atoms with Crippen LogP contribution < -0.4 is 10.6 Å². The Kier molecular flexibility index (Phi) is 8.03. The van der Waals surface area contributed by atoms with Crippen LogP contribution in [0.4, 0.5) is 0 Å². The first-order valence-corrected chi connectivity index (χ1v) is 10.4. The molecule has 0 saturated heterocycles. The second-order valence-corrected chi connectivity index (χ2v) is 9.47. The fraction of sp³-hybridized carbons (Fsp3) is 0.588. The maximum atomic E-state index is 11.3. The summed E-state index contributed by atoms with van der Waals surface area (Å²) in [5.74, 6) is 0.918. The monoisotopic (exact) mass is 373 g/mol. The summed E-state index contributed by atoms with van der Waals surface area (Å²) < 4.78 is 22.6. The van der Waals surface area contributed by atoms with Gasteiger partial charge in [0.25, 0.3) is 0 Å². The maximum absolute atomic E-state index is 11.3. The van der Waals surface area contributed by atoms with Crippen molar-refractivity contribution in [1.82, 2.24) is 10.6 Å². The third-order valence-electron chi connectivity index (χ3n) is 3.73. The molecule has 0 amide bonds. The molecule has 0 unspecified atom stereocenters. The highest BCUT2D eigenvalue weighted by Gasteiger charge is 2.20. The number of sulfone groups is 1. The van der Waals surface area contributed by atoms with Crippen LogP contribution in [0.25, 0.3) is 0 Å². The van der Waals surface area contributed by atoms with Gasteiger partial charge in [0.1, 0.15) is 9.84 Å². The largest absolute Gasteiger partial charge is 0.356 e. The van der Waals surface area contributed by atoms with E-state index in [1.807, 2.05) is 38.1 Å². The molecular formula is C17H28ClN3O2S. The number of guanidine groups is 1. The molecule has 0 fully saturated rings. The van der Waals surface area contributed by atoms with E-state index in [2.05, 4.69) is 15.6 Å². The molecule has 0 heterocycles. The van der Waals surface area contributed by atoms with Gasteiger partial charge in [0.05, 0.1) is 5.75 Å². The van der Waals surface area contributed by atoms with Gasteiger partial charge < -0.3 is 10.6 Å². The van der Waals surface area contributed by atoms with Gasteiger partial charge >= 0.3 is 0 Å². The number of nitrogens with zero attached hydrogens (tertiary/aromatic N) is 1. The fourth-order valence-electron chi connectivity index (χ4n) is 2.07. The second-order valence-electron chi connectivity index (χ2n) is 6.77. The Balaban J connectivity index is 2.37. The van der Waals surface area contributed by atoms with E-state index in [-0.39, 0.29) is 11.2 Å². The number of benzene rings is 1. The van der Waals surface area contributed by atoms with Crippen molar-refractivity contribution in [2.24, 2.45) is 10.4 Å². The van der Waals surface area contributed by atoms with Crippen LogP contribution in [0.1, 0.15) is 25.8 Å². The van der Waals surface area contributed by atoms with E-state index in [0.29, 0.717) is 13.0 Å². The lowest BCUT2D eigenvalue weighted by Gasteiger charge is -2.25. The van der Waals surface area contributed by atoms with Crippen LogP contribution in [0.15, 0.2) is 29.3 Å². The van der Waals surface area contributed by atoms with Crippen LogP contribution in [0.2, 0.25) is 5.02 Å². The first-order valence-electron chi connectivity index (χ1n) is 7.98. The zero-order chi connectivity index (χ0) is 18.2. The second kappa shape index (κ2) is 9.28. The molecule has 5 nitrogen and oxygen atoms in total. The smallest absolute Gasteiger partial charge is 0.191 e. The average molecular weight is 374 g/mol. The molecule has 0 aliphatic carbocycles. The Bertz CT molecular complexity index is 640. The predicted molar refractivity (Wildman–Crippen MR) is 103 cm³/mol. The van der Waals surface area contributed by atoms with E-state index in [0.717, 1.165) is 23.9 Å². The molecule has 0 radical (unpaired) electrons. The lowest BCUT2D eigenvalue weighted by molar-refractivity contribution is 0.348. The molecule has 0 aromatic heterocycles. The van der Waals surface area contributed by atoms with Crippen molar-refractivity contribution in [3.63, 3.8) is 0 Å². The summed E-state index contributed by atoms with van der Waals surface area (Å²) in [6.07, 6.45) is 2.75. The number of halogens is 1. The molecule has 0 atom stereocenters. The van der Waals surface area contributed by atoms with Crippen molar-refractivity contribution in [2.45, 2.75) is 26.7 Å². The molecule has 0 aliphatic rings. The van der Waals surface area contributed by atoms with Crippen molar-refractivity contribution < 1.29 is 8.42 Å². The van der Waals surface area contributed by atoms with Crippen molar-refractivity contribution in [3.8, 4) is 0 Å². The Labute approximate surface area is 150 Å². The Morgan fingerprint density at radius 1 is 1.21 bits per heavy atom. The van der Waals surface area contributed by atoms with E-state index in [4.69, 9.17) is 11.6 Å². The van der Waals surface area contributed by atoms with Gasteiger partial charge in [-0.05, 0) is 36.0 Å². The van der Waals surface area contributed by atoms with Crippen molar-refractivity contribution >= 4 is 27.4 Å². The molecule has 1 rings (SSSR count). The lowest BCUT2D eigenvalue weighted by atomic mass is 9.90. The lowest BCUT2D eigenvalue weighted by Crippen LogP contribution is -2.43. The minimum atomic E-state index is -2.93. The van der Waals surface area contributed by atoms with Crippen molar-refractivity contribution in [3.05, 3.63) is 34.9 Å². The molecular weight excluding hydrogens is 346 g/mol. The average Bonchev–Trinajstić information content (AvgIpc) is 2.50. The minimum Gasteiger partial charge on any atom is -0.356 e. The Hall–Kier alpha value is -1.27. The van der Waals surface area contributed by atoms with Crippen LogP contribution in [0.5, 0.6) is 0 Å². The Morgan fingerprint density at radius 2 is 1.83 bits per heavy atom. The molecule has 1 aromatic carbocycles. The van der Waals surface area contributed by atoms with Gasteiger partial charge in [0, 0.05) is 31.4 Å². The summed E-state index contributed by atoms with van der Waals surface area (Å²) in [5, 5.41) is 7.27.